The van der Waals surface area contributed by atoms with E-state index in [0.717, 1.165) is 0 Å². The van der Waals surface area contributed by atoms with Gasteiger partial charge in [-0.15, -0.1) is 0 Å². The van der Waals surface area contributed by atoms with Gasteiger partial charge in [-0.2, -0.15) is 0 Å². The summed E-state index contributed by atoms with van der Waals surface area (Å²) in [6.45, 7) is 6.76. The van der Waals surface area contributed by atoms with Crippen LogP contribution in [-0.2, 0) is 4.79 Å². The summed E-state index contributed by atoms with van der Waals surface area (Å²) in [6.07, 6.45) is 0.563. The van der Waals surface area contributed by atoms with Crippen LogP contribution < -0.4 is 4.74 Å². The molecule has 0 atom stereocenters. The number of ketones is 1. The molecule has 4 nitrogen and oxygen atoms in total. The fourth-order valence-corrected chi connectivity index (χ4v) is 1.73. The highest BCUT2D eigenvalue weighted by Gasteiger charge is 2.16. The number of aliphatic carboxylic acids is 1. The van der Waals surface area contributed by atoms with E-state index in [1.54, 1.807) is 13.0 Å². The number of rotatable bonds is 6. The Morgan fingerprint density at radius 1 is 1.42 bits per heavy atom. The Bertz CT molecular complexity index is 534. The van der Waals surface area contributed by atoms with Gasteiger partial charge in [0.05, 0.1) is 5.02 Å². The molecule has 0 heterocycles. The maximum Gasteiger partial charge on any atom is 0.341 e. The van der Waals surface area contributed by atoms with E-state index in [2.05, 4.69) is 6.58 Å². The number of ether oxygens (including phenoxy) is 1. The zero-order valence-corrected chi connectivity index (χ0v) is 11.6. The quantitative estimate of drug-likeness (QED) is 0.642. The number of hydrogen-bond donors (Lipinski definition) is 1. The average molecular weight is 283 g/mol. The van der Waals surface area contributed by atoms with Crippen molar-refractivity contribution in [3.8, 4) is 5.75 Å². The van der Waals surface area contributed by atoms with Gasteiger partial charge in [0.15, 0.2) is 12.4 Å². The van der Waals surface area contributed by atoms with Crippen molar-refractivity contribution in [3.05, 3.63) is 40.4 Å². The summed E-state index contributed by atoms with van der Waals surface area (Å²) in [4.78, 5) is 22.5. The Morgan fingerprint density at radius 3 is 2.58 bits per heavy atom. The molecule has 0 radical (unpaired) electrons. The average Bonchev–Trinajstić information content (AvgIpc) is 2.38. The summed E-state index contributed by atoms with van der Waals surface area (Å²) in [5.41, 5.74) is 1.52. The number of carboxylic acid groups (broad SMARTS) is 1. The Morgan fingerprint density at radius 2 is 2.05 bits per heavy atom. The monoisotopic (exact) mass is 282 g/mol. The van der Waals surface area contributed by atoms with Crippen molar-refractivity contribution in [1.82, 2.24) is 0 Å². The summed E-state index contributed by atoms with van der Waals surface area (Å²) in [7, 11) is 0. The molecule has 0 saturated carbocycles. The van der Waals surface area contributed by atoms with Crippen LogP contribution in [0.15, 0.2) is 24.3 Å². The highest BCUT2D eigenvalue weighted by Crippen LogP contribution is 2.31. The Balaban J connectivity index is 3.07. The summed E-state index contributed by atoms with van der Waals surface area (Å²) < 4.78 is 5.04. The first-order chi connectivity index (χ1) is 8.88. The van der Waals surface area contributed by atoms with Gasteiger partial charge >= 0.3 is 5.97 Å². The van der Waals surface area contributed by atoms with Gasteiger partial charge < -0.3 is 9.84 Å². The van der Waals surface area contributed by atoms with Crippen LogP contribution in [0, 0.1) is 6.92 Å². The first-order valence-corrected chi connectivity index (χ1v) is 6.12. The fourth-order valence-electron chi connectivity index (χ4n) is 1.51. The summed E-state index contributed by atoms with van der Waals surface area (Å²) >= 11 is 6.07. The van der Waals surface area contributed by atoms with Crippen molar-refractivity contribution in [3.63, 3.8) is 0 Å². The maximum atomic E-state index is 12.0. The maximum absolute atomic E-state index is 12.0. The van der Waals surface area contributed by atoms with E-state index in [9.17, 15) is 9.59 Å². The minimum atomic E-state index is -1.09. The second-order valence-electron chi connectivity index (χ2n) is 4.02. The molecule has 1 N–H and O–H groups in total. The van der Waals surface area contributed by atoms with Crippen molar-refractivity contribution in [1.29, 1.82) is 0 Å². The van der Waals surface area contributed by atoms with Gasteiger partial charge in [0.2, 0.25) is 0 Å². The zero-order valence-electron chi connectivity index (χ0n) is 10.8. The molecule has 0 unspecified atom stereocenters. The smallest absolute Gasteiger partial charge is 0.341 e. The minimum Gasteiger partial charge on any atom is -0.480 e. The minimum absolute atomic E-state index is 0.160. The Labute approximate surface area is 116 Å². The third kappa shape index (κ3) is 3.58. The van der Waals surface area contributed by atoms with E-state index < -0.39 is 12.6 Å². The lowest BCUT2D eigenvalue weighted by molar-refractivity contribution is -0.139. The van der Waals surface area contributed by atoms with Crippen LogP contribution in [0.1, 0.15) is 29.3 Å². The first kappa shape index (κ1) is 15.2. The molecule has 1 rings (SSSR count). The fraction of sp³-hybridized carbons (Fsp3) is 0.286. The Hall–Kier alpha value is -1.81. The van der Waals surface area contributed by atoms with Crippen molar-refractivity contribution < 1.29 is 19.4 Å². The van der Waals surface area contributed by atoms with Crippen LogP contribution in [0.3, 0.4) is 0 Å². The van der Waals surface area contributed by atoms with Crippen molar-refractivity contribution in [2.75, 3.05) is 6.61 Å². The number of benzene rings is 1. The standard InChI is InChI=1S/C14H15ClO4/c1-4-8(2)14(18)10-5-6-11(13(15)9(10)3)19-7-12(16)17/h5-6H,2,4,7H2,1,3H3,(H,16,17). The lowest BCUT2D eigenvalue weighted by Crippen LogP contribution is -2.11. The van der Waals surface area contributed by atoms with Crippen LogP contribution >= 0.6 is 11.6 Å². The summed E-state index contributed by atoms with van der Waals surface area (Å²) in [5.74, 6) is -1.000. The second kappa shape index (κ2) is 6.38. The van der Waals surface area contributed by atoms with Crippen LogP contribution in [-0.4, -0.2) is 23.5 Å². The Kier molecular flexibility index (Phi) is 5.12. The molecule has 0 aromatic heterocycles. The molecule has 19 heavy (non-hydrogen) atoms. The number of carbonyl (C=O) groups is 2. The molecular formula is C14H15ClO4. The van der Waals surface area contributed by atoms with Crippen LogP contribution in [0.2, 0.25) is 5.02 Å². The van der Waals surface area contributed by atoms with Gasteiger partial charge in [-0.1, -0.05) is 25.1 Å². The molecule has 0 fully saturated rings. The highest BCUT2D eigenvalue weighted by molar-refractivity contribution is 6.33. The number of Topliss-reactive ketones (excluding diaryl/α,β-unsaturated/α-hetero) is 1. The topological polar surface area (TPSA) is 63.6 Å². The molecule has 1 aromatic carbocycles. The molecular weight excluding hydrogens is 268 g/mol. The second-order valence-corrected chi connectivity index (χ2v) is 4.40. The van der Waals surface area contributed by atoms with Crippen LogP contribution in [0.5, 0.6) is 5.75 Å². The predicted octanol–water partition coefficient (Wildman–Crippen LogP) is 3.26. The van der Waals surface area contributed by atoms with E-state index in [1.807, 2.05) is 6.92 Å². The van der Waals surface area contributed by atoms with E-state index in [-0.39, 0.29) is 16.6 Å². The number of halogens is 1. The van der Waals surface area contributed by atoms with E-state index in [0.29, 0.717) is 23.1 Å². The van der Waals surface area contributed by atoms with Gasteiger partial charge in [-0.05, 0) is 36.6 Å². The number of hydrogen-bond acceptors (Lipinski definition) is 3. The molecule has 1 aromatic rings. The molecule has 0 aliphatic carbocycles. The van der Waals surface area contributed by atoms with Gasteiger partial charge in [-0.25, -0.2) is 4.79 Å². The number of allylic oxidation sites excluding steroid dienone is 1. The molecule has 0 bridgehead atoms. The van der Waals surface area contributed by atoms with Crippen LogP contribution in [0.4, 0.5) is 0 Å². The number of carboxylic acids is 1. The number of carbonyl (C=O) groups excluding carboxylic acids is 1. The van der Waals surface area contributed by atoms with Crippen molar-refractivity contribution in [2.24, 2.45) is 0 Å². The molecule has 0 spiro atoms. The molecule has 0 aliphatic heterocycles. The summed E-state index contributed by atoms with van der Waals surface area (Å²) in [6, 6.07) is 3.07. The molecule has 0 saturated heterocycles. The molecule has 5 heteroatoms. The van der Waals surface area contributed by atoms with Gasteiger partial charge in [0, 0.05) is 5.56 Å². The molecule has 0 amide bonds. The van der Waals surface area contributed by atoms with Crippen molar-refractivity contribution in [2.45, 2.75) is 20.3 Å². The third-order valence-electron chi connectivity index (χ3n) is 2.69. The molecule has 0 aliphatic rings. The van der Waals surface area contributed by atoms with E-state index in [1.165, 1.54) is 6.07 Å². The first-order valence-electron chi connectivity index (χ1n) is 5.74. The van der Waals surface area contributed by atoms with Crippen LogP contribution in [0.25, 0.3) is 0 Å². The highest BCUT2D eigenvalue weighted by atomic mass is 35.5. The van der Waals surface area contributed by atoms with Gasteiger partial charge in [-0.3, -0.25) is 4.79 Å². The summed E-state index contributed by atoms with van der Waals surface area (Å²) in [5, 5.41) is 8.80. The molecule has 102 valence electrons. The predicted molar refractivity (Wildman–Crippen MR) is 73.1 cm³/mol. The normalized spacial score (nSPS) is 10.1. The van der Waals surface area contributed by atoms with E-state index >= 15 is 0 Å². The lowest BCUT2D eigenvalue weighted by Gasteiger charge is -2.12. The third-order valence-corrected chi connectivity index (χ3v) is 3.16. The lowest BCUT2D eigenvalue weighted by atomic mass is 9.98. The van der Waals surface area contributed by atoms with E-state index in [4.69, 9.17) is 21.4 Å². The van der Waals surface area contributed by atoms with Gasteiger partial charge in [0.1, 0.15) is 5.75 Å². The van der Waals surface area contributed by atoms with Gasteiger partial charge in [0.25, 0.3) is 0 Å². The largest absolute Gasteiger partial charge is 0.480 e. The van der Waals surface area contributed by atoms with Crippen molar-refractivity contribution >= 4 is 23.4 Å². The SMILES string of the molecule is C=C(CC)C(=O)c1ccc(OCC(=O)O)c(Cl)c1C. The zero-order chi connectivity index (χ0) is 14.6.